The zero-order chi connectivity index (χ0) is 16.8. The van der Waals surface area contributed by atoms with Gasteiger partial charge < -0.3 is 19.3 Å². The first-order valence-electron chi connectivity index (χ1n) is 8.51. The highest BCUT2D eigenvalue weighted by Crippen LogP contribution is 2.54. The number of hydrogen-bond donors (Lipinski definition) is 1. The second kappa shape index (κ2) is 5.60. The van der Waals surface area contributed by atoms with E-state index >= 15 is 0 Å². The number of allylic oxidation sites excluding steroid dienone is 1. The minimum absolute atomic E-state index is 0.219. The number of aromatic carboxylic acids is 1. The van der Waals surface area contributed by atoms with Crippen molar-refractivity contribution in [3.8, 4) is 5.75 Å². The Balaban J connectivity index is 1.76. The van der Waals surface area contributed by atoms with Crippen LogP contribution in [0.2, 0.25) is 0 Å². The minimum Gasteiger partial charge on any atom is -0.493 e. The molecule has 1 aromatic carbocycles. The molecule has 1 N–H and O–H groups in total. The fourth-order valence-electron chi connectivity index (χ4n) is 4.58. The first kappa shape index (κ1) is 15.7. The maximum absolute atomic E-state index is 11.3. The van der Waals surface area contributed by atoms with Gasteiger partial charge in [-0.15, -0.1) is 6.58 Å². The number of fused-ring (bicyclic) bond motifs is 3. The summed E-state index contributed by atoms with van der Waals surface area (Å²) >= 11 is 0. The lowest BCUT2D eigenvalue weighted by Gasteiger charge is -2.47. The Morgan fingerprint density at radius 1 is 1.25 bits per heavy atom. The monoisotopic (exact) mass is 330 g/mol. The van der Waals surface area contributed by atoms with Gasteiger partial charge in [-0.1, -0.05) is 12.1 Å². The lowest BCUT2D eigenvalue weighted by Crippen LogP contribution is -2.47. The molecular weight excluding hydrogens is 308 g/mol. The Hall–Kier alpha value is -1.85. The molecule has 128 valence electrons. The van der Waals surface area contributed by atoms with Crippen molar-refractivity contribution in [3.05, 3.63) is 42.0 Å². The van der Waals surface area contributed by atoms with Crippen LogP contribution in [0.1, 0.15) is 41.6 Å². The fraction of sp³-hybridized carbons (Fsp3) is 0.526. The summed E-state index contributed by atoms with van der Waals surface area (Å²) in [6, 6.07) is 5.19. The summed E-state index contributed by atoms with van der Waals surface area (Å²) in [5, 5.41) is 9.24. The number of rotatable bonds is 2. The maximum Gasteiger partial charge on any atom is 0.335 e. The molecule has 24 heavy (non-hydrogen) atoms. The van der Waals surface area contributed by atoms with E-state index in [9.17, 15) is 9.90 Å². The van der Waals surface area contributed by atoms with Crippen molar-refractivity contribution in [1.29, 1.82) is 0 Å². The Bertz CT molecular complexity index is 676. The number of carboxylic acid groups (broad SMARTS) is 1. The largest absolute Gasteiger partial charge is 0.493 e. The van der Waals surface area contributed by atoms with Crippen LogP contribution < -0.4 is 4.74 Å². The highest BCUT2D eigenvalue weighted by molar-refractivity contribution is 5.88. The molecule has 4 rings (SSSR count). The van der Waals surface area contributed by atoms with Crippen LogP contribution in [0, 0.1) is 5.92 Å². The molecule has 0 bridgehead atoms. The second-order valence-corrected chi connectivity index (χ2v) is 6.91. The van der Waals surface area contributed by atoms with E-state index < -0.39 is 11.8 Å². The van der Waals surface area contributed by atoms with Crippen LogP contribution in [0.5, 0.6) is 5.75 Å². The average Bonchev–Trinajstić information content (AvgIpc) is 2.97. The third kappa shape index (κ3) is 2.26. The molecule has 5 heteroatoms. The number of ether oxygens (including phenoxy) is 3. The normalized spacial score (nSPS) is 30.8. The molecule has 1 spiro atoms. The van der Waals surface area contributed by atoms with E-state index in [0.29, 0.717) is 31.5 Å². The second-order valence-electron chi connectivity index (χ2n) is 6.91. The van der Waals surface area contributed by atoms with E-state index in [2.05, 4.69) is 6.58 Å². The van der Waals surface area contributed by atoms with Gasteiger partial charge in [0.05, 0.1) is 25.4 Å². The fourth-order valence-corrected chi connectivity index (χ4v) is 4.58. The summed E-state index contributed by atoms with van der Waals surface area (Å²) in [4.78, 5) is 11.3. The topological polar surface area (TPSA) is 65.0 Å². The molecule has 5 nitrogen and oxygen atoms in total. The number of carboxylic acids is 1. The van der Waals surface area contributed by atoms with E-state index in [1.165, 1.54) is 0 Å². The summed E-state index contributed by atoms with van der Waals surface area (Å²) in [6.45, 7) is 5.99. The summed E-state index contributed by atoms with van der Waals surface area (Å²) in [7, 11) is 0. The molecule has 2 heterocycles. The maximum atomic E-state index is 11.3. The standard InChI is InChI=1S/C19H22O5/c1-2-18-6-7-19(23-9-10-24-19)12-14(18)5-8-22-16-11-13(17(20)21)3-4-15(16)18/h2-4,11,14H,1,5-10,12H2,(H,20,21). The smallest absolute Gasteiger partial charge is 0.335 e. The van der Waals surface area contributed by atoms with Gasteiger partial charge in [0, 0.05) is 23.8 Å². The zero-order valence-corrected chi connectivity index (χ0v) is 13.6. The third-order valence-corrected chi connectivity index (χ3v) is 5.84. The predicted octanol–water partition coefficient (Wildman–Crippen LogP) is 3.13. The van der Waals surface area contributed by atoms with Crippen LogP contribution in [0.25, 0.3) is 0 Å². The van der Waals surface area contributed by atoms with E-state index in [1.807, 2.05) is 12.1 Å². The van der Waals surface area contributed by atoms with Crippen molar-refractivity contribution in [1.82, 2.24) is 0 Å². The molecule has 2 fully saturated rings. The lowest BCUT2D eigenvalue weighted by molar-refractivity contribution is -0.195. The molecule has 1 aliphatic carbocycles. The van der Waals surface area contributed by atoms with Gasteiger partial charge in [-0.05, 0) is 30.9 Å². The van der Waals surface area contributed by atoms with Crippen molar-refractivity contribution >= 4 is 5.97 Å². The lowest BCUT2D eigenvalue weighted by atomic mass is 9.60. The highest BCUT2D eigenvalue weighted by Gasteiger charge is 2.52. The Kier molecular flexibility index (Phi) is 3.66. The van der Waals surface area contributed by atoms with Gasteiger partial charge in [-0.3, -0.25) is 0 Å². The van der Waals surface area contributed by atoms with Crippen LogP contribution in [0.3, 0.4) is 0 Å². The van der Waals surface area contributed by atoms with Crippen LogP contribution in [-0.2, 0) is 14.9 Å². The Morgan fingerprint density at radius 3 is 2.75 bits per heavy atom. The molecule has 0 amide bonds. The SMILES string of the molecule is C=CC12CCC3(CC1CCOc1cc(C(=O)O)ccc12)OCCO3. The van der Waals surface area contributed by atoms with Crippen LogP contribution in [0.4, 0.5) is 0 Å². The molecule has 1 saturated carbocycles. The van der Waals surface area contributed by atoms with E-state index in [-0.39, 0.29) is 11.0 Å². The summed E-state index contributed by atoms with van der Waals surface area (Å²) in [5.41, 5.74) is 1.07. The van der Waals surface area contributed by atoms with E-state index in [4.69, 9.17) is 14.2 Å². The average molecular weight is 330 g/mol. The molecule has 0 radical (unpaired) electrons. The number of carbonyl (C=O) groups is 1. The molecule has 3 aliphatic rings. The molecule has 2 atom stereocenters. The van der Waals surface area contributed by atoms with Crippen molar-refractivity contribution in [2.45, 2.75) is 36.9 Å². The van der Waals surface area contributed by atoms with Crippen molar-refractivity contribution in [3.63, 3.8) is 0 Å². The van der Waals surface area contributed by atoms with Crippen LogP contribution in [-0.4, -0.2) is 36.7 Å². The zero-order valence-electron chi connectivity index (χ0n) is 13.6. The van der Waals surface area contributed by atoms with Gasteiger partial charge in [0.15, 0.2) is 5.79 Å². The Morgan fingerprint density at radius 2 is 2.04 bits per heavy atom. The highest BCUT2D eigenvalue weighted by atomic mass is 16.7. The summed E-state index contributed by atoms with van der Waals surface area (Å²) < 4.78 is 17.8. The van der Waals surface area contributed by atoms with Crippen molar-refractivity contribution in [2.24, 2.45) is 5.92 Å². The van der Waals surface area contributed by atoms with Gasteiger partial charge in [0.2, 0.25) is 0 Å². The quantitative estimate of drug-likeness (QED) is 0.844. The predicted molar refractivity (Wildman–Crippen MR) is 87.4 cm³/mol. The summed E-state index contributed by atoms with van der Waals surface area (Å²) in [5.74, 6) is -0.423. The van der Waals surface area contributed by atoms with Crippen molar-refractivity contribution < 1.29 is 24.1 Å². The van der Waals surface area contributed by atoms with Crippen LogP contribution >= 0.6 is 0 Å². The van der Waals surface area contributed by atoms with Gasteiger partial charge in [0.1, 0.15) is 5.75 Å². The molecule has 2 unspecified atom stereocenters. The first-order chi connectivity index (χ1) is 11.6. The van der Waals surface area contributed by atoms with Gasteiger partial charge in [-0.2, -0.15) is 0 Å². The molecule has 2 aliphatic heterocycles. The minimum atomic E-state index is -0.940. The summed E-state index contributed by atoms with van der Waals surface area (Å²) in [6.07, 6.45) is 5.40. The van der Waals surface area contributed by atoms with Crippen molar-refractivity contribution in [2.75, 3.05) is 19.8 Å². The van der Waals surface area contributed by atoms with Gasteiger partial charge >= 0.3 is 5.97 Å². The number of benzene rings is 1. The number of hydrogen-bond acceptors (Lipinski definition) is 4. The van der Waals surface area contributed by atoms with Gasteiger partial charge in [-0.25, -0.2) is 4.79 Å². The third-order valence-electron chi connectivity index (χ3n) is 5.84. The Labute approximate surface area is 141 Å². The first-order valence-corrected chi connectivity index (χ1v) is 8.51. The van der Waals surface area contributed by atoms with E-state index in [0.717, 1.165) is 31.2 Å². The van der Waals surface area contributed by atoms with Crippen LogP contribution in [0.15, 0.2) is 30.9 Å². The molecule has 1 aromatic rings. The molecule has 0 aromatic heterocycles. The van der Waals surface area contributed by atoms with Gasteiger partial charge in [0.25, 0.3) is 0 Å². The molecular formula is C19H22O5. The van der Waals surface area contributed by atoms with E-state index in [1.54, 1.807) is 12.1 Å². The molecule has 1 saturated heterocycles.